The minimum atomic E-state index is 0. The number of hydrogen-bond acceptors (Lipinski definition) is 4. The van der Waals surface area contributed by atoms with Crippen LogP contribution >= 0.6 is 0 Å². The molecule has 0 radical (unpaired) electrons. The van der Waals surface area contributed by atoms with E-state index >= 15 is 0 Å². The van der Waals surface area contributed by atoms with Crippen molar-refractivity contribution < 1.29 is 5.48 Å². The molecule has 1 aromatic carbocycles. The zero-order chi connectivity index (χ0) is 16.7. The second-order valence-corrected chi connectivity index (χ2v) is 4.67. The van der Waals surface area contributed by atoms with Gasteiger partial charge >= 0.3 is 0 Å². The summed E-state index contributed by atoms with van der Waals surface area (Å²) >= 11 is 0. The molecule has 6 heteroatoms. The Morgan fingerprint density at radius 2 is 1.79 bits per heavy atom. The zero-order valence-electron chi connectivity index (χ0n) is 14.9. The molecule has 24 heavy (non-hydrogen) atoms. The summed E-state index contributed by atoms with van der Waals surface area (Å²) in [5, 5.41) is 10.1. The molecule has 0 saturated carbocycles. The first-order valence-corrected chi connectivity index (χ1v) is 8.44. The fourth-order valence-electron chi connectivity index (χ4n) is 2.47. The molecular formula is C18H27N5O. The van der Waals surface area contributed by atoms with Crippen LogP contribution in [-0.2, 0) is 6.54 Å². The Kier molecular flexibility index (Phi) is 7.85. The second-order valence-electron chi connectivity index (χ2n) is 4.67. The summed E-state index contributed by atoms with van der Waals surface area (Å²) in [7, 11) is 0. The second kappa shape index (κ2) is 9.62. The summed E-state index contributed by atoms with van der Waals surface area (Å²) < 4.78 is 1.93. The Morgan fingerprint density at radius 3 is 2.54 bits per heavy atom. The molecule has 1 aliphatic rings. The van der Waals surface area contributed by atoms with Gasteiger partial charge in [0.15, 0.2) is 5.82 Å². The van der Waals surface area contributed by atoms with Gasteiger partial charge in [-0.2, -0.15) is 4.98 Å². The average molecular weight is 329 g/mol. The first-order chi connectivity index (χ1) is 11.4. The van der Waals surface area contributed by atoms with Gasteiger partial charge in [0.1, 0.15) is 0 Å². The number of nitrogens with zero attached hydrogens (tertiary/aromatic N) is 4. The van der Waals surface area contributed by atoms with Gasteiger partial charge in [0.05, 0.1) is 0 Å². The lowest BCUT2D eigenvalue weighted by molar-refractivity contribution is 0.566. The third-order valence-electron chi connectivity index (χ3n) is 3.41. The van der Waals surface area contributed by atoms with Gasteiger partial charge in [0.2, 0.25) is 5.95 Å². The number of fused-ring (bicyclic) bond motifs is 2. The Morgan fingerprint density at radius 1 is 1.04 bits per heavy atom. The summed E-state index contributed by atoms with van der Waals surface area (Å²) in [6.07, 6.45) is 4.79. The largest absolute Gasteiger partial charge is 0.412 e. The van der Waals surface area contributed by atoms with Gasteiger partial charge in [-0.1, -0.05) is 52.0 Å². The van der Waals surface area contributed by atoms with Crippen LogP contribution in [0, 0.1) is 0 Å². The van der Waals surface area contributed by atoms with Gasteiger partial charge in [0, 0.05) is 36.4 Å². The van der Waals surface area contributed by atoms with Crippen molar-refractivity contribution in [3.63, 3.8) is 0 Å². The van der Waals surface area contributed by atoms with Gasteiger partial charge in [-0.25, -0.2) is 4.68 Å². The molecule has 0 bridgehead atoms. The average Bonchev–Trinajstić information content (AvgIpc) is 3.08. The first kappa shape index (κ1) is 19.6. The third kappa shape index (κ3) is 3.89. The minimum absolute atomic E-state index is 0. The van der Waals surface area contributed by atoms with Crippen LogP contribution in [0.3, 0.4) is 0 Å². The van der Waals surface area contributed by atoms with E-state index in [0.717, 1.165) is 47.6 Å². The van der Waals surface area contributed by atoms with Crippen LogP contribution in [0.4, 0.5) is 5.95 Å². The molecule has 0 aliphatic carbocycles. The molecule has 0 fully saturated rings. The van der Waals surface area contributed by atoms with E-state index in [9.17, 15) is 0 Å². The lowest BCUT2D eigenvalue weighted by atomic mass is 10.1. The van der Waals surface area contributed by atoms with Crippen LogP contribution in [0.1, 0.15) is 34.1 Å². The molecule has 0 saturated heterocycles. The quantitative estimate of drug-likeness (QED) is 0.739. The Bertz CT molecular complexity index is 725. The van der Waals surface area contributed by atoms with E-state index in [2.05, 4.69) is 32.5 Å². The topological polar surface area (TPSA) is 87.1 Å². The predicted molar refractivity (Wildman–Crippen MR) is 100 cm³/mol. The van der Waals surface area contributed by atoms with Crippen LogP contribution in [0.5, 0.6) is 0 Å². The van der Waals surface area contributed by atoms with Crippen molar-refractivity contribution in [2.24, 2.45) is 0 Å². The van der Waals surface area contributed by atoms with Crippen molar-refractivity contribution in [1.82, 2.24) is 19.7 Å². The lowest BCUT2D eigenvalue weighted by Gasteiger charge is -2.12. The highest BCUT2D eigenvalue weighted by molar-refractivity contribution is 5.94. The summed E-state index contributed by atoms with van der Waals surface area (Å²) in [5.41, 5.74) is 0.988. The summed E-state index contributed by atoms with van der Waals surface area (Å²) in [6, 6.07) is 8.18. The molecule has 130 valence electrons. The molecule has 0 spiro atoms. The van der Waals surface area contributed by atoms with Crippen molar-refractivity contribution in [3.8, 4) is 11.4 Å². The predicted octanol–water partition coefficient (Wildman–Crippen LogP) is 3.54. The van der Waals surface area contributed by atoms with Crippen LogP contribution in [0.15, 0.2) is 36.7 Å². The van der Waals surface area contributed by atoms with Gasteiger partial charge in [-0.15, -0.1) is 5.10 Å². The molecule has 4 rings (SSSR count). The van der Waals surface area contributed by atoms with E-state index in [1.165, 1.54) is 0 Å². The highest BCUT2D eigenvalue weighted by Gasteiger charge is 2.16. The molecule has 0 unspecified atom stereocenters. The Hall–Kier alpha value is -2.47. The fraction of sp³-hybridized carbons (Fsp3) is 0.389. The van der Waals surface area contributed by atoms with Crippen LogP contribution in [-0.4, -0.2) is 31.8 Å². The standard InChI is InChI=1S/C14H13N5.2C2H6.H2O/c1-2-5-11-10(4-1)8-15-9-12(11)13-17-14-16-6-3-7-19(14)18-13;2*1-2;/h1-2,4-5,8-9H,3,6-7H2,(H,16,17,18);2*1-2H3;1H2. The van der Waals surface area contributed by atoms with Gasteiger partial charge in [-0.05, 0) is 11.8 Å². The molecule has 1 aliphatic heterocycles. The Labute approximate surface area is 143 Å². The minimum Gasteiger partial charge on any atom is -0.412 e. The third-order valence-corrected chi connectivity index (χ3v) is 3.41. The van der Waals surface area contributed by atoms with Crippen LogP contribution < -0.4 is 5.32 Å². The van der Waals surface area contributed by atoms with Gasteiger partial charge < -0.3 is 10.8 Å². The van der Waals surface area contributed by atoms with Crippen LogP contribution in [0.25, 0.3) is 22.2 Å². The summed E-state index contributed by atoms with van der Waals surface area (Å²) in [6.45, 7) is 9.89. The molecule has 3 N–H and O–H groups in total. The van der Waals surface area contributed by atoms with Crippen molar-refractivity contribution in [3.05, 3.63) is 36.7 Å². The molecule has 3 aromatic rings. The van der Waals surface area contributed by atoms with E-state index in [1.54, 1.807) is 0 Å². The Balaban J connectivity index is 0.000000539. The number of pyridine rings is 1. The monoisotopic (exact) mass is 329 g/mol. The maximum absolute atomic E-state index is 4.57. The molecule has 0 amide bonds. The molecule has 3 heterocycles. The van der Waals surface area contributed by atoms with Gasteiger partial charge in [-0.3, -0.25) is 4.98 Å². The van der Waals surface area contributed by atoms with E-state index < -0.39 is 0 Å². The van der Waals surface area contributed by atoms with Gasteiger partial charge in [0.25, 0.3) is 0 Å². The van der Waals surface area contributed by atoms with Crippen LogP contribution in [0.2, 0.25) is 0 Å². The lowest BCUT2D eigenvalue weighted by Crippen LogP contribution is -2.17. The highest BCUT2D eigenvalue weighted by Crippen LogP contribution is 2.26. The van der Waals surface area contributed by atoms with Crippen molar-refractivity contribution in [2.75, 3.05) is 11.9 Å². The number of rotatable bonds is 1. The SMILES string of the molecule is CC.CC.O.c1ccc2c(-c3nc4n(n3)CCCN4)cncc2c1. The smallest absolute Gasteiger partial charge is 0.221 e. The maximum atomic E-state index is 4.57. The molecular weight excluding hydrogens is 302 g/mol. The number of anilines is 1. The van der Waals surface area contributed by atoms with E-state index in [1.807, 2.05) is 56.9 Å². The van der Waals surface area contributed by atoms with Crippen molar-refractivity contribution in [1.29, 1.82) is 0 Å². The van der Waals surface area contributed by atoms with E-state index in [0.29, 0.717) is 0 Å². The molecule has 6 nitrogen and oxygen atoms in total. The maximum Gasteiger partial charge on any atom is 0.221 e. The van der Waals surface area contributed by atoms with E-state index in [4.69, 9.17) is 0 Å². The highest BCUT2D eigenvalue weighted by atomic mass is 16.0. The zero-order valence-corrected chi connectivity index (χ0v) is 14.9. The number of hydrogen-bond donors (Lipinski definition) is 1. The number of aryl methyl sites for hydroxylation is 1. The summed E-state index contributed by atoms with van der Waals surface area (Å²) in [4.78, 5) is 8.86. The number of aromatic nitrogens is 4. The normalized spacial score (nSPS) is 11.7. The number of benzene rings is 1. The molecule has 2 aromatic heterocycles. The van der Waals surface area contributed by atoms with E-state index in [-0.39, 0.29) is 5.48 Å². The van der Waals surface area contributed by atoms with Crippen molar-refractivity contribution >= 4 is 16.7 Å². The molecule has 0 atom stereocenters. The first-order valence-electron chi connectivity index (χ1n) is 8.44. The fourth-order valence-corrected chi connectivity index (χ4v) is 2.47. The number of nitrogens with one attached hydrogen (secondary N) is 1. The van der Waals surface area contributed by atoms with Crippen molar-refractivity contribution in [2.45, 2.75) is 40.7 Å². The summed E-state index contributed by atoms with van der Waals surface area (Å²) in [5.74, 6) is 1.60.